The van der Waals surface area contributed by atoms with E-state index in [1.165, 1.54) is 11.8 Å². The number of nitrogens with zero attached hydrogens (tertiary/aromatic N) is 1. The lowest BCUT2D eigenvalue weighted by Crippen LogP contribution is -2.12. The largest absolute Gasteiger partial charge is 0.431 e. The molecule has 0 saturated carbocycles. The van der Waals surface area contributed by atoms with Crippen LogP contribution in [0.15, 0.2) is 33.9 Å². The minimum Gasteiger partial charge on any atom is -0.431 e. The minimum atomic E-state index is -0.378. The number of benzene rings is 1. The van der Waals surface area contributed by atoms with Crippen LogP contribution in [0.2, 0.25) is 0 Å². The van der Waals surface area contributed by atoms with Crippen molar-refractivity contribution in [2.45, 2.75) is 5.22 Å². The first-order valence-electron chi connectivity index (χ1n) is 4.02. The number of carbonyl (C=O) groups is 1. The first-order chi connectivity index (χ1) is 6.75. The lowest BCUT2D eigenvalue weighted by molar-refractivity contribution is -0.115. The zero-order valence-electron chi connectivity index (χ0n) is 7.27. The average molecular weight is 208 g/mol. The Labute approximate surface area is 84.5 Å². The summed E-state index contributed by atoms with van der Waals surface area (Å²) in [6.45, 7) is 0. The van der Waals surface area contributed by atoms with Gasteiger partial charge in [0.05, 0.1) is 5.75 Å². The summed E-state index contributed by atoms with van der Waals surface area (Å²) < 4.78 is 5.36. The van der Waals surface area contributed by atoms with Crippen molar-refractivity contribution in [3.63, 3.8) is 0 Å². The number of carbonyl (C=O) groups excluding carboxylic acids is 1. The summed E-state index contributed by atoms with van der Waals surface area (Å²) in [6, 6.07) is 7.44. The molecule has 0 bridgehead atoms. The van der Waals surface area contributed by atoms with Gasteiger partial charge in [0.25, 0.3) is 5.22 Å². The lowest BCUT2D eigenvalue weighted by Gasteiger charge is -1.88. The van der Waals surface area contributed by atoms with E-state index in [4.69, 9.17) is 10.2 Å². The number of thioether (sulfide) groups is 1. The first-order valence-corrected chi connectivity index (χ1v) is 5.01. The van der Waals surface area contributed by atoms with Crippen molar-refractivity contribution in [2.75, 3.05) is 5.75 Å². The average Bonchev–Trinajstić information content (AvgIpc) is 2.57. The van der Waals surface area contributed by atoms with E-state index >= 15 is 0 Å². The van der Waals surface area contributed by atoms with E-state index < -0.39 is 0 Å². The normalized spacial score (nSPS) is 10.6. The Morgan fingerprint density at radius 1 is 1.50 bits per heavy atom. The van der Waals surface area contributed by atoms with Crippen molar-refractivity contribution in [1.82, 2.24) is 4.98 Å². The van der Waals surface area contributed by atoms with Gasteiger partial charge in [-0.05, 0) is 12.1 Å². The van der Waals surface area contributed by atoms with E-state index in [9.17, 15) is 4.79 Å². The third-order valence-corrected chi connectivity index (χ3v) is 2.46. The van der Waals surface area contributed by atoms with Crippen LogP contribution in [-0.2, 0) is 4.79 Å². The predicted molar refractivity (Wildman–Crippen MR) is 53.9 cm³/mol. The number of oxazole rings is 1. The molecule has 2 N–H and O–H groups in total. The van der Waals surface area contributed by atoms with Gasteiger partial charge in [0.1, 0.15) is 5.52 Å². The van der Waals surface area contributed by atoms with Crippen LogP contribution in [0, 0.1) is 0 Å². The highest BCUT2D eigenvalue weighted by Crippen LogP contribution is 2.22. The molecular formula is C9H8N2O2S. The number of amides is 1. The highest BCUT2D eigenvalue weighted by Gasteiger charge is 2.06. The maximum absolute atomic E-state index is 10.5. The van der Waals surface area contributed by atoms with Crippen molar-refractivity contribution >= 4 is 28.8 Å². The fraction of sp³-hybridized carbons (Fsp3) is 0.111. The summed E-state index contributed by atoms with van der Waals surface area (Å²) in [4.78, 5) is 14.7. The second kappa shape index (κ2) is 3.71. The molecular weight excluding hydrogens is 200 g/mol. The third kappa shape index (κ3) is 1.88. The monoisotopic (exact) mass is 208 g/mol. The molecule has 0 atom stereocenters. The highest BCUT2D eigenvalue weighted by molar-refractivity contribution is 7.99. The summed E-state index contributed by atoms with van der Waals surface area (Å²) in [5.74, 6) is -0.190. The second-order valence-electron chi connectivity index (χ2n) is 2.70. The second-order valence-corrected chi connectivity index (χ2v) is 3.63. The Bertz CT molecular complexity index is 434. The third-order valence-electron chi connectivity index (χ3n) is 1.61. The molecule has 2 rings (SSSR count). The highest BCUT2D eigenvalue weighted by atomic mass is 32.2. The molecule has 72 valence electrons. The molecule has 1 amide bonds. The summed E-state index contributed by atoms with van der Waals surface area (Å²) in [5, 5.41) is 0.477. The van der Waals surface area contributed by atoms with E-state index in [-0.39, 0.29) is 11.7 Å². The number of para-hydroxylation sites is 2. The van der Waals surface area contributed by atoms with Crippen LogP contribution in [-0.4, -0.2) is 16.6 Å². The van der Waals surface area contributed by atoms with Crippen LogP contribution in [0.5, 0.6) is 0 Å². The van der Waals surface area contributed by atoms with Gasteiger partial charge in [-0.15, -0.1) is 0 Å². The molecule has 5 heteroatoms. The number of hydrogen-bond acceptors (Lipinski definition) is 4. The Hall–Kier alpha value is -1.49. The van der Waals surface area contributed by atoms with Crippen LogP contribution < -0.4 is 5.73 Å². The van der Waals surface area contributed by atoms with Gasteiger partial charge in [0.15, 0.2) is 5.58 Å². The molecule has 1 heterocycles. The molecule has 2 aromatic rings. The van der Waals surface area contributed by atoms with Crippen molar-refractivity contribution in [3.8, 4) is 0 Å². The standard InChI is InChI=1S/C9H8N2O2S/c10-8(12)5-14-9-11-6-3-1-2-4-7(6)13-9/h1-4H,5H2,(H2,10,12). The van der Waals surface area contributed by atoms with Gasteiger partial charge in [-0.3, -0.25) is 4.79 Å². The summed E-state index contributed by atoms with van der Waals surface area (Å²) >= 11 is 1.20. The maximum atomic E-state index is 10.5. The van der Waals surface area contributed by atoms with Gasteiger partial charge < -0.3 is 10.2 Å². The molecule has 1 aromatic carbocycles. The Kier molecular flexibility index (Phi) is 2.41. The van der Waals surface area contributed by atoms with Crippen LogP contribution in [0.3, 0.4) is 0 Å². The summed E-state index contributed by atoms with van der Waals surface area (Å²) in [6.07, 6.45) is 0. The molecule has 0 fully saturated rings. The fourth-order valence-electron chi connectivity index (χ4n) is 1.05. The number of primary amides is 1. The molecule has 0 aliphatic carbocycles. The Balaban J connectivity index is 2.22. The van der Waals surface area contributed by atoms with Crippen LogP contribution in [0.1, 0.15) is 0 Å². The molecule has 0 spiro atoms. The van der Waals surface area contributed by atoms with Gasteiger partial charge in [-0.25, -0.2) is 4.98 Å². The quantitative estimate of drug-likeness (QED) is 0.774. The van der Waals surface area contributed by atoms with Crippen molar-refractivity contribution in [1.29, 1.82) is 0 Å². The fourth-order valence-corrected chi connectivity index (χ4v) is 1.62. The van der Waals surface area contributed by atoms with Crippen LogP contribution >= 0.6 is 11.8 Å². The molecule has 0 aliphatic heterocycles. The SMILES string of the molecule is NC(=O)CSc1nc2ccccc2o1. The number of nitrogens with two attached hydrogens (primary N) is 1. The summed E-state index contributed by atoms with van der Waals surface area (Å²) in [5.41, 5.74) is 6.52. The molecule has 0 unspecified atom stereocenters. The lowest BCUT2D eigenvalue weighted by atomic mass is 10.3. The van der Waals surface area contributed by atoms with Gasteiger partial charge in [0, 0.05) is 0 Å². The van der Waals surface area contributed by atoms with Crippen LogP contribution in [0.25, 0.3) is 11.1 Å². The molecule has 0 radical (unpaired) electrons. The van der Waals surface area contributed by atoms with Crippen molar-refractivity contribution < 1.29 is 9.21 Å². The van der Waals surface area contributed by atoms with E-state index in [1.807, 2.05) is 24.3 Å². The van der Waals surface area contributed by atoms with Crippen LogP contribution in [0.4, 0.5) is 0 Å². The molecule has 4 nitrogen and oxygen atoms in total. The number of rotatable bonds is 3. The topological polar surface area (TPSA) is 69.1 Å². The zero-order chi connectivity index (χ0) is 9.97. The predicted octanol–water partition coefficient (Wildman–Crippen LogP) is 1.41. The maximum Gasteiger partial charge on any atom is 0.257 e. The van der Waals surface area contributed by atoms with E-state index in [2.05, 4.69) is 4.98 Å². The molecule has 0 aliphatic rings. The van der Waals surface area contributed by atoms with Gasteiger partial charge in [0.2, 0.25) is 5.91 Å². The zero-order valence-corrected chi connectivity index (χ0v) is 8.08. The van der Waals surface area contributed by atoms with Gasteiger partial charge in [-0.1, -0.05) is 23.9 Å². The van der Waals surface area contributed by atoms with Gasteiger partial charge >= 0.3 is 0 Å². The molecule has 1 aromatic heterocycles. The number of hydrogen-bond donors (Lipinski definition) is 1. The number of fused-ring (bicyclic) bond motifs is 1. The number of aromatic nitrogens is 1. The Morgan fingerprint density at radius 3 is 3.00 bits per heavy atom. The minimum absolute atomic E-state index is 0.187. The van der Waals surface area contributed by atoms with Crippen molar-refractivity contribution in [3.05, 3.63) is 24.3 Å². The van der Waals surface area contributed by atoms with E-state index in [1.54, 1.807) is 0 Å². The van der Waals surface area contributed by atoms with Gasteiger partial charge in [-0.2, -0.15) is 0 Å². The smallest absolute Gasteiger partial charge is 0.257 e. The molecule has 14 heavy (non-hydrogen) atoms. The van der Waals surface area contributed by atoms with Crippen molar-refractivity contribution in [2.24, 2.45) is 5.73 Å². The first kappa shape index (κ1) is 9.08. The Morgan fingerprint density at radius 2 is 2.29 bits per heavy atom. The van der Waals surface area contributed by atoms with E-state index in [0.717, 1.165) is 11.1 Å². The van der Waals surface area contributed by atoms with E-state index in [0.29, 0.717) is 5.22 Å². The molecule has 0 saturated heterocycles. The summed E-state index contributed by atoms with van der Waals surface area (Å²) in [7, 11) is 0.